The summed E-state index contributed by atoms with van der Waals surface area (Å²) in [6.07, 6.45) is 0. The van der Waals surface area contributed by atoms with E-state index in [1.807, 2.05) is 62.5 Å². The summed E-state index contributed by atoms with van der Waals surface area (Å²) in [4.78, 5) is 27.9. The van der Waals surface area contributed by atoms with Gasteiger partial charge in [0.1, 0.15) is 6.54 Å². The number of nitrogens with zero attached hydrogens (tertiary/aromatic N) is 2. The monoisotopic (exact) mass is 429 g/mol. The van der Waals surface area contributed by atoms with Crippen molar-refractivity contribution in [2.45, 2.75) is 40.3 Å². The van der Waals surface area contributed by atoms with Gasteiger partial charge in [0, 0.05) is 30.9 Å². The Morgan fingerprint density at radius 3 is 2.53 bits per heavy atom. The van der Waals surface area contributed by atoms with Crippen LogP contribution in [-0.4, -0.2) is 37.3 Å². The van der Waals surface area contributed by atoms with Gasteiger partial charge >= 0.3 is 5.97 Å². The third-order valence-electron chi connectivity index (χ3n) is 4.97. The van der Waals surface area contributed by atoms with Crippen LogP contribution >= 0.6 is 11.6 Å². The number of ether oxygens (including phenoxy) is 1. The highest BCUT2D eigenvalue weighted by Crippen LogP contribution is 2.34. The SMILES string of the molecule is CCOC(=O)Cn1c2cc(NC(C)C)c(Cl)cc2c(=O)c2ccc(C)c(N(C)C)c21. The van der Waals surface area contributed by atoms with Crippen molar-refractivity contribution in [3.63, 3.8) is 0 Å². The minimum absolute atomic E-state index is 0.00579. The zero-order valence-corrected chi connectivity index (χ0v) is 19.1. The summed E-state index contributed by atoms with van der Waals surface area (Å²) in [7, 11) is 3.86. The molecule has 0 unspecified atom stereocenters. The molecule has 0 aliphatic carbocycles. The molecule has 0 spiro atoms. The van der Waals surface area contributed by atoms with E-state index in [2.05, 4.69) is 5.32 Å². The Kier molecular flexibility index (Phi) is 6.27. The molecule has 1 N–H and O–H groups in total. The number of esters is 1. The summed E-state index contributed by atoms with van der Waals surface area (Å²) in [5.41, 5.74) is 3.86. The van der Waals surface area contributed by atoms with Gasteiger partial charge in [0.2, 0.25) is 0 Å². The van der Waals surface area contributed by atoms with Gasteiger partial charge in [0.15, 0.2) is 5.43 Å². The van der Waals surface area contributed by atoms with Crippen molar-refractivity contribution in [2.24, 2.45) is 0 Å². The van der Waals surface area contributed by atoms with Crippen LogP contribution in [-0.2, 0) is 16.1 Å². The zero-order chi connectivity index (χ0) is 22.2. The summed E-state index contributed by atoms with van der Waals surface area (Å²) in [6, 6.07) is 7.43. The zero-order valence-electron chi connectivity index (χ0n) is 18.3. The lowest BCUT2D eigenvalue weighted by atomic mass is 10.0. The average molecular weight is 430 g/mol. The molecule has 0 fully saturated rings. The Bertz CT molecular complexity index is 1180. The number of carbonyl (C=O) groups excluding carboxylic acids is 1. The van der Waals surface area contributed by atoms with E-state index >= 15 is 0 Å². The molecular weight excluding hydrogens is 402 g/mol. The fourth-order valence-corrected chi connectivity index (χ4v) is 4.07. The van der Waals surface area contributed by atoms with E-state index < -0.39 is 0 Å². The first kappa shape index (κ1) is 22.0. The largest absolute Gasteiger partial charge is 0.465 e. The lowest BCUT2D eigenvalue weighted by Crippen LogP contribution is -2.21. The second-order valence-electron chi connectivity index (χ2n) is 7.89. The highest BCUT2D eigenvalue weighted by atomic mass is 35.5. The van der Waals surface area contributed by atoms with Gasteiger partial charge in [-0.05, 0) is 51.5 Å². The smallest absolute Gasteiger partial charge is 0.325 e. The van der Waals surface area contributed by atoms with E-state index in [1.54, 1.807) is 13.0 Å². The molecule has 0 saturated heterocycles. The van der Waals surface area contributed by atoms with E-state index in [-0.39, 0.29) is 24.0 Å². The first-order chi connectivity index (χ1) is 14.1. The highest BCUT2D eigenvalue weighted by molar-refractivity contribution is 6.34. The molecular formula is C23H28ClN3O3. The van der Waals surface area contributed by atoms with Gasteiger partial charge in [-0.1, -0.05) is 17.7 Å². The van der Waals surface area contributed by atoms with Crippen molar-refractivity contribution in [3.8, 4) is 0 Å². The van der Waals surface area contributed by atoms with Gasteiger partial charge in [-0.2, -0.15) is 0 Å². The molecule has 0 saturated carbocycles. The van der Waals surface area contributed by atoms with E-state index in [0.29, 0.717) is 33.4 Å². The Morgan fingerprint density at radius 1 is 1.23 bits per heavy atom. The minimum atomic E-state index is -0.358. The summed E-state index contributed by atoms with van der Waals surface area (Å²) in [5, 5.41) is 4.80. The first-order valence-electron chi connectivity index (χ1n) is 10.0. The molecule has 2 aromatic carbocycles. The second kappa shape index (κ2) is 8.56. The molecule has 0 radical (unpaired) electrons. The molecule has 0 aliphatic heterocycles. The van der Waals surface area contributed by atoms with E-state index in [0.717, 1.165) is 16.9 Å². The number of rotatable bonds is 6. The van der Waals surface area contributed by atoms with Crippen LogP contribution in [0.2, 0.25) is 5.02 Å². The van der Waals surface area contributed by atoms with E-state index in [4.69, 9.17) is 16.3 Å². The van der Waals surface area contributed by atoms with Crippen molar-refractivity contribution in [2.75, 3.05) is 30.9 Å². The predicted octanol–water partition coefficient (Wildman–Crippen LogP) is 4.57. The molecule has 1 heterocycles. The van der Waals surface area contributed by atoms with Crippen molar-refractivity contribution < 1.29 is 9.53 Å². The van der Waals surface area contributed by atoms with Crippen LogP contribution in [0.4, 0.5) is 11.4 Å². The fraction of sp³-hybridized carbons (Fsp3) is 0.391. The Morgan fingerprint density at radius 2 is 1.93 bits per heavy atom. The maximum Gasteiger partial charge on any atom is 0.325 e. The number of carbonyl (C=O) groups is 1. The second-order valence-corrected chi connectivity index (χ2v) is 8.30. The quantitative estimate of drug-likeness (QED) is 0.459. The predicted molar refractivity (Wildman–Crippen MR) is 125 cm³/mol. The standard InChI is InChI=1S/C23H28ClN3O3/c1-7-30-20(28)12-27-19-11-18(25-13(2)3)17(24)10-16(19)23(29)15-9-8-14(4)21(22(15)27)26(5)6/h8-11,13,25H,7,12H2,1-6H3. The number of pyridine rings is 1. The number of aryl methyl sites for hydroxylation is 1. The summed E-state index contributed by atoms with van der Waals surface area (Å²) in [5.74, 6) is -0.358. The van der Waals surface area contributed by atoms with Gasteiger partial charge < -0.3 is 19.5 Å². The van der Waals surface area contributed by atoms with Crippen LogP contribution in [0.1, 0.15) is 26.3 Å². The third-order valence-corrected chi connectivity index (χ3v) is 5.28. The summed E-state index contributed by atoms with van der Waals surface area (Å²) >= 11 is 6.47. The van der Waals surface area contributed by atoms with Gasteiger partial charge in [-0.15, -0.1) is 0 Å². The lowest BCUT2D eigenvalue weighted by molar-refractivity contribution is -0.143. The normalized spacial score (nSPS) is 11.3. The molecule has 6 nitrogen and oxygen atoms in total. The van der Waals surface area contributed by atoms with Crippen LogP contribution in [0, 0.1) is 6.92 Å². The molecule has 3 aromatic rings. The average Bonchev–Trinajstić information content (AvgIpc) is 2.65. The molecule has 3 rings (SSSR count). The van der Waals surface area contributed by atoms with Crippen molar-refractivity contribution >= 4 is 50.8 Å². The van der Waals surface area contributed by atoms with Gasteiger partial charge in [0.05, 0.1) is 34.0 Å². The van der Waals surface area contributed by atoms with Crippen LogP contribution in [0.15, 0.2) is 29.1 Å². The van der Waals surface area contributed by atoms with Gasteiger partial charge in [0.25, 0.3) is 0 Å². The third kappa shape index (κ3) is 3.97. The maximum atomic E-state index is 13.4. The number of hydrogen-bond donors (Lipinski definition) is 1. The molecule has 7 heteroatoms. The highest BCUT2D eigenvalue weighted by Gasteiger charge is 2.20. The topological polar surface area (TPSA) is 63.6 Å². The van der Waals surface area contributed by atoms with Gasteiger partial charge in [-0.3, -0.25) is 9.59 Å². The number of anilines is 2. The Hall–Kier alpha value is -2.73. The molecule has 160 valence electrons. The molecule has 0 bridgehead atoms. The number of halogens is 1. The first-order valence-corrected chi connectivity index (χ1v) is 10.4. The molecule has 30 heavy (non-hydrogen) atoms. The Labute approximate surface area is 181 Å². The molecule has 0 amide bonds. The summed E-state index contributed by atoms with van der Waals surface area (Å²) < 4.78 is 7.10. The maximum absolute atomic E-state index is 13.4. The van der Waals surface area contributed by atoms with Crippen LogP contribution < -0.4 is 15.6 Å². The lowest BCUT2D eigenvalue weighted by Gasteiger charge is -2.23. The van der Waals surface area contributed by atoms with Crippen LogP contribution in [0.3, 0.4) is 0 Å². The molecule has 0 atom stereocenters. The number of fused-ring (bicyclic) bond motifs is 2. The van der Waals surface area contributed by atoms with E-state index in [9.17, 15) is 9.59 Å². The molecule has 0 aliphatic rings. The number of aromatic nitrogens is 1. The molecule has 1 aromatic heterocycles. The van der Waals surface area contributed by atoms with Crippen LogP contribution in [0.5, 0.6) is 0 Å². The summed E-state index contributed by atoms with van der Waals surface area (Å²) in [6.45, 7) is 8.08. The van der Waals surface area contributed by atoms with Crippen molar-refractivity contribution in [3.05, 3.63) is 45.1 Å². The Balaban J connectivity index is 2.51. The van der Waals surface area contributed by atoms with E-state index in [1.165, 1.54) is 0 Å². The van der Waals surface area contributed by atoms with Crippen LogP contribution in [0.25, 0.3) is 21.8 Å². The van der Waals surface area contributed by atoms with Crippen molar-refractivity contribution in [1.82, 2.24) is 4.57 Å². The number of nitrogens with one attached hydrogen (secondary N) is 1. The number of hydrogen-bond acceptors (Lipinski definition) is 5. The minimum Gasteiger partial charge on any atom is -0.465 e. The fourth-order valence-electron chi connectivity index (χ4n) is 3.86. The van der Waals surface area contributed by atoms with Crippen molar-refractivity contribution in [1.29, 1.82) is 0 Å². The van der Waals surface area contributed by atoms with Gasteiger partial charge in [-0.25, -0.2) is 0 Å². The number of benzene rings is 2.